The minimum atomic E-state index is -3.45. The van der Waals surface area contributed by atoms with Crippen molar-refractivity contribution in [2.75, 3.05) is 40.3 Å². The Labute approximate surface area is 199 Å². The van der Waals surface area contributed by atoms with E-state index in [1.807, 2.05) is 23.1 Å². The first-order valence-corrected chi connectivity index (χ1v) is 11.2. The fraction of sp³-hybridized carbons (Fsp3) is 0.421. The summed E-state index contributed by atoms with van der Waals surface area (Å²) >= 11 is 0. The summed E-state index contributed by atoms with van der Waals surface area (Å²) in [7, 11) is -0.158. The molecule has 2 heterocycles. The predicted octanol–water partition coefficient (Wildman–Crippen LogP) is 0.875. The number of aliphatic imine (C=N–C) groups is 1. The van der Waals surface area contributed by atoms with Crippen molar-refractivity contribution in [2.24, 2.45) is 4.99 Å². The first-order valence-electron chi connectivity index (χ1n) is 9.56. The molecule has 0 spiro atoms. The Balaban J connectivity index is 0.00000341. The Morgan fingerprint density at radius 2 is 1.97 bits per heavy atom. The molecule has 0 bridgehead atoms. The predicted molar refractivity (Wildman–Crippen MR) is 128 cm³/mol. The molecule has 0 aliphatic carbocycles. The molecular formula is C19H27IN6O4S. The Kier molecular flexibility index (Phi) is 9.25. The van der Waals surface area contributed by atoms with Crippen LogP contribution in [0.5, 0.6) is 0 Å². The highest BCUT2D eigenvalue weighted by Crippen LogP contribution is 2.13. The van der Waals surface area contributed by atoms with Gasteiger partial charge in [0.25, 0.3) is 5.91 Å². The number of rotatable bonds is 6. The number of halogens is 1. The second kappa shape index (κ2) is 11.4. The van der Waals surface area contributed by atoms with Crippen molar-refractivity contribution in [3.05, 3.63) is 53.4 Å². The quantitative estimate of drug-likeness (QED) is 0.305. The summed E-state index contributed by atoms with van der Waals surface area (Å²) in [5.41, 5.74) is 1.94. The normalized spacial score (nSPS) is 15.3. The van der Waals surface area contributed by atoms with Crippen molar-refractivity contribution in [3.8, 4) is 0 Å². The van der Waals surface area contributed by atoms with E-state index in [1.165, 1.54) is 10.6 Å². The zero-order valence-corrected chi connectivity index (χ0v) is 20.6. The number of hydrogen-bond donors (Lipinski definition) is 2. The van der Waals surface area contributed by atoms with Crippen molar-refractivity contribution in [1.29, 1.82) is 0 Å². The van der Waals surface area contributed by atoms with Crippen LogP contribution in [-0.2, 0) is 22.3 Å². The zero-order chi connectivity index (χ0) is 21.6. The molecule has 2 N–H and O–H groups in total. The molecule has 1 fully saturated rings. The second-order valence-electron chi connectivity index (χ2n) is 6.81. The third kappa shape index (κ3) is 6.64. The lowest BCUT2D eigenvalue weighted by Crippen LogP contribution is -2.53. The molecular weight excluding hydrogens is 535 g/mol. The van der Waals surface area contributed by atoms with Gasteiger partial charge in [-0.25, -0.2) is 8.42 Å². The fourth-order valence-electron chi connectivity index (χ4n) is 3.25. The number of aromatic nitrogens is 1. The van der Waals surface area contributed by atoms with E-state index in [9.17, 15) is 13.2 Å². The molecule has 0 unspecified atom stereocenters. The number of nitrogens with one attached hydrogen (secondary N) is 2. The van der Waals surface area contributed by atoms with Crippen molar-refractivity contribution >= 4 is 45.9 Å². The topological polar surface area (TPSA) is 120 Å². The van der Waals surface area contributed by atoms with Gasteiger partial charge in [-0.2, -0.15) is 4.31 Å². The monoisotopic (exact) mass is 562 g/mol. The van der Waals surface area contributed by atoms with E-state index in [0.29, 0.717) is 49.9 Å². The second-order valence-corrected chi connectivity index (χ2v) is 8.78. The molecule has 31 heavy (non-hydrogen) atoms. The van der Waals surface area contributed by atoms with E-state index >= 15 is 0 Å². The van der Waals surface area contributed by atoms with Crippen molar-refractivity contribution in [2.45, 2.75) is 12.3 Å². The highest BCUT2D eigenvalue weighted by molar-refractivity contribution is 14.0. The van der Waals surface area contributed by atoms with Crippen LogP contribution in [0, 0.1) is 0 Å². The highest BCUT2D eigenvalue weighted by atomic mass is 127. The Hall–Kier alpha value is -2.19. The van der Waals surface area contributed by atoms with Gasteiger partial charge < -0.3 is 20.1 Å². The maximum atomic E-state index is 12.6. The van der Waals surface area contributed by atoms with Gasteiger partial charge in [0.15, 0.2) is 5.96 Å². The van der Waals surface area contributed by atoms with Crippen LogP contribution in [0.4, 0.5) is 0 Å². The SMILES string of the molecule is CN=C(NCc1cccc(C(=O)NC)c1)N1CCN(S(=O)(=O)Cc2ccon2)CC1.I. The van der Waals surface area contributed by atoms with Crippen molar-refractivity contribution in [3.63, 3.8) is 0 Å². The third-order valence-corrected chi connectivity index (χ3v) is 6.64. The van der Waals surface area contributed by atoms with Gasteiger partial charge in [-0.1, -0.05) is 17.3 Å². The molecule has 1 aliphatic rings. The molecule has 0 atom stereocenters. The molecule has 10 nitrogen and oxygen atoms in total. The number of nitrogens with zero attached hydrogens (tertiary/aromatic N) is 4. The van der Waals surface area contributed by atoms with E-state index in [0.717, 1.165) is 5.56 Å². The zero-order valence-electron chi connectivity index (χ0n) is 17.4. The van der Waals surface area contributed by atoms with E-state index in [-0.39, 0.29) is 35.6 Å². The molecule has 0 radical (unpaired) electrons. The summed E-state index contributed by atoms with van der Waals surface area (Å²) in [6.45, 7) is 2.29. The molecule has 3 rings (SSSR count). The number of carbonyl (C=O) groups excluding carboxylic acids is 1. The molecule has 1 amide bonds. The van der Waals surface area contributed by atoms with Gasteiger partial charge in [-0.15, -0.1) is 24.0 Å². The average molecular weight is 562 g/mol. The summed E-state index contributed by atoms with van der Waals surface area (Å²) in [4.78, 5) is 18.1. The molecule has 1 aliphatic heterocycles. The minimum absolute atomic E-state index is 0. The van der Waals surface area contributed by atoms with Gasteiger partial charge in [0, 0.05) is 58.4 Å². The maximum Gasteiger partial charge on any atom is 0.251 e. The minimum Gasteiger partial charge on any atom is -0.364 e. The van der Waals surface area contributed by atoms with Crippen LogP contribution in [-0.4, -0.2) is 74.9 Å². The maximum absolute atomic E-state index is 12.6. The lowest BCUT2D eigenvalue weighted by Gasteiger charge is -2.35. The molecule has 170 valence electrons. The van der Waals surface area contributed by atoms with Crippen LogP contribution in [0.25, 0.3) is 0 Å². The number of hydrogen-bond acceptors (Lipinski definition) is 6. The Morgan fingerprint density at radius 1 is 1.23 bits per heavy atom. The van der Waals surface area contributed by atoms with Crippen LogP contribution in [0.15, 0.2) is 46.1 Å². The smallest absolute Gasteiger partial charge is 0.251 e. The molecule has 1 aromatic heterocycles. The molecule has 2 aromatic rings. The first kappa shape index (κ1) is 25.1. The van der Waals surface area contributed by atoms with E-state index in [4.69, 9.17) is 4.52 Å². The molecule has 0 saturated carbocycles. The van der Waals surface area contributed by atoms with Crippen molar-refractivity contribution in [1.82, 2.24) is 25.0 Å². The number of benzene rings is 1. The number of guanidine groups is 1. The lowest BCUT2D eigenvalue weighted by molar-refractivity contribution is 0.0963. The number of carbonyl (C=O) groups is 1. The number of sulfonamides is 1. The van der Waals surface area contributed by atoms with E-state index in [2.05, 4.69) is 20.8 Å². The molecule has 1 saturated heterocycles. The summed E-state index contributed by atoms with van der Waals surface area (Å²) in [5, 5.41) is 9.58. The van der Waals surface area contributed by atoms with Crippen LogP contribution >= 0.6 is 24.0 Å². The van der Waals surface area contributed by atoms with Crippen LogP contribution < -0.4 is 10.6 Å². The first-order chi connectivity index (χ1) is 14.4. The fourth-order valence-corrected chi connectivity index (χ4v) is 4.67. The average Bonchev–Trinajstić information content (AvgIpc) is 3.26. The third-order valence-electron chi connectivity index (χ3n) is 4.83. The molecule has 12 heteroatoms. The van der Waals surface area contributed by atoms with Gasteiger partial charge in [0.2, 0.25) is 10.0 Å². The summed E-state index contributed by atoms with van der Waals surface area (Å²) in [6, 6.07) is 8.91. The standard InChI is InChI=1S/C19H26N6O4S.HI/c1-20-18(26)16-5-3-4-15(12-16)13-22-19(21-2)24-7-9-25(10-8-24)30(27,28)14-17-6-11-29-23-17;/h3-6,11-12H,7-10,13-14H2,1-2H3,(H,20,26)(H,21,22);1H. The summed E-state index contributed by atoms with van der Waals surface area (Å²) < 4.78 is 31.3. The van der Waals surface area contributed by atoms with Gasteiger partial charge in [0.05, 0.1) is 5.69 Å². The van der Waals surface area contributed by atoms with Crippen LogP contribution in [0.2, 0.25) is 0 Å². The highest BCUT2D eigenvalue weighted by Gasteiger charge is 2.28. The van der Waals surface area contributed by atoms with Crippen LogP contribution in [0.1, 0.15) is 21.6 Å². The Morgan fingerprint density at radius 3 is 2.58 bits per heavy atom. The lowest BCUT2D eigenvalue weighted by atomic mass is 10.1. The number of piperazine rings is 1. The van der Waals surface area contributed by atoms with Crippen molar-refractivity contribution < 1.29 is 17.7 Å². The molecule has 1 aromatic carbocycles. The largest absolute Gasteiger partial charge is 0.364 e. The van der Waals surface area contributed by atoms with E-state index < -0.39 is 10.0 Å². The van der Waals surface area contributed by atoms with Crippen LogP contribution in [0.3, 0.4) is 0 Å². The van der Waals surface area contributed by atoms with Gasteiger partial charge in [0.1, 0.15) is 12.0 Å². The van der Waals surface area contributed by atoms with Gasteiger partial charge >= 0.3 is 0 Å². The Bertz CT molecular complexity index is 989. The van der Waals surface area contributed by atoms with Gasteiger partial charge in [-0.05, 0) is 17.7 Å². The number of amides is 1. The van der Waals surface area contributed by atoms with Gasteiger partial charge in [-0.3, -0.25) is 9.79 Å². The van der Waals surface area contributed by atoms with E-state index in [1.54, 1.807) is 26.2 Å². The summed E-state index contributed by atoms with van der Waals surface area (Å²) in [6.07, 6.45) is 1.36. The summed E-state index contributed by atoms with van der Waals surface area (Å²) in [5.74, 6) is 0.385.